The first kappa shape index (κ1) is 18.4. The molecular formula is C20H24N6O2. The highest BCUT2D eigenvalue weighted by Crippen LogP contribution is 2.26. The van der Waals surface area contributed by atoms with Crippen LogP contribution in [0.1, 0.15) is 45.8 Å². The first-order valence-electron chi connectivity index (χ1n) is 9.62. The molecule has 8 heteroatoms. The topological polar surface area (TPSA) is 96.1 Å². The van der Waals surface area contributed by atoms with Gasteiger partial charge in [0.2, 0.25) is 0 Å². The first-order valence-corrected chi connectivity index (χ1v) is 9.62. The predicted molar refractivity (Wildman–Crippen MR) is 103 cm³/mol. The summed E-state index contributed by atoms with van der Waals surface area (Å²) in [6, 6.07) is 6.09. The Labute approximate surface area is 164 Å². The zero-order valence-corrected chi connectivity index (χ0v) is 16.2. The molecule has 1 saturated heterocycles. The number of hydrogen-bond donors (Lipinski definition) is 1. The van der Waals surface area contributed by atoms with Crippen molar-refractivity contribution in [1.29, 1.82) is 5.26 Å². The summed E-state index contributed by atoms with van der Waals surface area (Å²) in [6.45, 7) is 4.59. The molecule has 2 aliphatic heterocycles. The van der Waals surface area contributed by atoms with Crippen LogP contribution in [0.4, 0.5) is 5.82 Å². The zero-order chi connectivity index (χ0) is 19.7. The normalized spacial score (nSPS) is 17.1. The molecule has 4 heterocycles. The van der Waals surface area contributed by atoms with E-state index in [4.69, 9.17) is 9.72 Å². The van der Waals surface area contributed by atoms with E-state index in [1.54, 1.807) is 17.8 Å². The molecule has 0 saturated carbocycles. The maximum Gasteiger partial charge on any atom is 0.269 e. The highest BCUT2D eigenvalue weighted by molar-refractivity contribution is 5.92. The van der Waals surface area contributed by atoms with Crippen molar-refractivity contribution in [3.8, 4) is 6.07 Å². The van der Waals surface area contributed by atoms with Crippen LogP contribution in [0.15, 0.2) is 12.1 Å². The van der Waals surface area contributed by atoms with Crippen molar-refractivity contribution in [2.75, 3.05) is 24.6 Å². The van der Waals surface area contributed by atoms with Crippen LogP contribution in [0.2, 0.25) is 0 Å². The van der Waals surface area contributed by atoms with E-state index < -0.39 is 0 Å². The zero-order valence-electron chi connectivity index (χ0n) is 16.2. The number of fused-ring (bicyclic) bond motifs is 1. The van der Waals surface area contributed by atoms with Crippen molar-refractivity contribution in [3.63, 3.8) is 0 Å². The Morgan fingerprint density at radius 2 is 2.14 bits per heavy atom. The van der Waals surface area contributed by atoms with Gasteiger partial charge in [-0.3, -0.25) is 9.48 Å². The second-order valence-corrected chi connectivity index (χ2v) is 7.41. The minimum Gasteiger partial charge on any atom is -0.376 e. The molecule has 1 N–H and O–H groups in total. The van der Waals surface area contributed by atoms with Gasteiger partial charge in [0.1, 0.15) is 17.6 Å². The number of nitriles is 1. The Balaban J connectivity index is 1.42. The van der Waals surface area contributed by atoms with Gasteiger partial charge in [0.25, 0.3) is 5.91 Å². The molecule has 1 amide bonds. The molecule has 0 unspecified atom stereocenters. The molecule has 0 aliphatic carbocycles. The van der Waals surface area contributed by atoms with E-state index in [2.05, 4.69) is 21.4 Å². The maximum atomic E-state index is 12.5. The monoisotopic (exact) mass is 380 g/mol. The highest BCUT2D eigenvalue weighted by Gasteiger charge is 2.26. The fourth-order valence-corrected chi connectivity index (χ4v) is 3.92. The summed E-state index contributed by atoms with van der Waals surface area (Å²) < 4.78 is 7.08. The summed E-state index contributed by atoms with van der Waals surface area (Å²) in [4.78, 5) is 19.4. The summed E-state index contributed by atoms with van der Waals surface area (Å²) in [6.07, 6.45) is 2.41. The van der Waals surface area contributed by atoms with Gasteiger partial charge < -0.3 is 15.0 Å². The van der Waals surface area contributed by atoms with Crippen LogP contribution in [0, 0.1) is 18.3 Å². The summed E-state index contributed by atoms with van der Waals surface area (Å²) >= 11 is 0. The Bertz CT molecular complexity index is 937. The number of hydrogen-bond acceptors (Lipinski definition) is 6. The van der Waals surface area contributed by atoms with E-state index >= 15 is 0 Å². The number of anilines is 1. The van der Waals surface area contributed by atoms with Crippen LogP contribution in [0.5, 0.6) is 0 Å². The number of pyridine rings is 1. The molecule has 8 nitrogen and oxygen atoms in total. The van der Waals surface area contributed by atoms with E-state index in [0.29, 0.717) is 24.5 Å². The van der Waals surface area contributed by atoms with Crippen molar-refractivity contribution in [3.05, 3.63) is 40.3 Å². The molecule has 0 spiro atoms. The molecule has 0 radical (unpaired) electrons. The smallest absolute Gasteiger partial charge is 0.269 e. The predicted octanol–water partition coefficient (Wildman–Crippen LogP) is 1.47. The average Bonchev–Trinajstić information content (AvgIpc) is 3.05. The third kappa shape index (κ3) is 3.58. The summed E-state index contributed by atoms with van der Waals surface area (Å²) in [5.74, 6) is 0.668. The molecular weight excluding hydrogens is 356 g/mol. The summed E-state index contributed by atoms with van der Waals surface area (Å²) in [5.41, 5.74) is 4.04. The van der Waals surface area contributed by atoms with Crippen molar-refractivity contribution in [1.82, 2.24) is 20.1 Å². The number of rotatable bonds is 3. The van der Waals surface area contributed by atoms with Gasteiger partial charge in [-0.25, -0.2) is 4.98 Å². The van der Waals surface area contributed by atoms with Crippen LogP contribution >= 0.6 is 0 Å². The van der Waals surface area contributed by atoms with E-state index in [1.165, 1.54) is 0 Å². The highest BCUT2D eigenvalue weighted by atomic mass is 16.5. The van der Waals surface area contributed by atoms with Gasteiger partial charge in [0.15, 0.2) is 0 Å². The number of nitrogens with one attached hydrogen (secondary N) is 1. The minimum atomic E-state index is -0.0915. The lowest BCUT2D eigenvalue weighted by molar-refractivity contribution is 0.0921. The van der Waals surface area contributed by atoms with Gasteiger partial charge in [-0.15, -0.1) is 0 Å². The Hall–Kier alpha value is -2.92. The van der Waals surface area contributed by atoms with Gasteiger partial charge in [-0.2, -0.15) is 10.4 Å². The largest absolute Gasteiger partial charge is 0.376 e. The number of aromatic nitrogens is 3. The third-order valence-corrected chi connectivity index (χ3v) is 5.40. The van der Waals surface area contributed by atoms with E-state index in [9.17, 15) is 10.1 Å². The average molecular weight is 380 g/mol. The number of nitrogens with zero attached hydrogens (tertiary/aromatic N) is 5. The number of piperidine rings is 1. The summed E-state index contributed by atoms with van der Waals surface area (Å²) in [7, 11) is 1.78. The molecule has 0 aromatic carbocycles. The quantitative estimate of drug-likeness (QED) is 0.866. The van der Waals surface area contributed by atoms with Crippen LogP contribution < -0.4 is 10.2 Å². The standard InChI is InChI=1S/C20H24N6O2/c1-13-9-18(25(2)24-13)20(27)22-16-3-6-26(7-4-16)19-14(11-21)10-15-12-28-8-5-17(15)23-19/h9-10,16H,3-8,12H2,1-2H3,(H,22,27). The van der Waals surface area contributed by atoms with E-state index in [0.717, 1.165) is 55.1 Å². The number of amides is 1. The van der Waals surface area contributed by atoms with Crippen LogP contribution in [-0.4, -0.2) is 46.4 Å². The number of carbonyl (C=O) groups is 1. The van der Waals surface area contributed by atoms with Crippen molar-refractivity contribution in [2.45, 2.75) is 38.8 Å². The fraction of sp³-hybridized carbons (Fsp3) is 0.500. The van der Waals surface area contributed by atoms with E-state index in [1.807, 2.05) is 13.0 Å². The lowest BCUT2D eigenvalue weighted by Gasteiger charge is -2.34. The number of ether oxygens (including phenoxy) is 1. The third-order valence-electron chi connectivity index (χ3n) is 5.40. The molecule has 2 aliphatic rings. The first-order chi connectivity index (χ1) is 13.5. The minimum absolute atomic E-state index is 0.0915. The maximum absolute atomic E-state index is 12.5. The van der Waals surface area contributed by atoms with Crippen molar-refractivity contribution < 1.29 is 9.53 Å². The van der Waals surface area contributed by atoms with Crippen LogP contribution in [0.25, 0.3) is 0 Å². The molecule has 0 bridgehead atoms. The van der Waals surface area contributed by atoms with Gasteiger partial charge >= 0.3 is 0 Å². The molecule has 146 valence electrons. The van der Waals surface area contributed by atoms with Crippen molar-refractivity contribution in [2.24, 2.45) is 7.05 Å². The molecule has 1 fully saturated rings. The molecule has 2 aromatic rings. The molecule has 2 aromatic heterocycles. The lowest BCUT2D eigenvalue weighted by Crippen LogP contribution is -2.45. The van der Waals surface area contributed by atoms with Crippen LogP contribution in [0.3, 0.4) is 0 Å². The summed E-state index contributed by atoms with van der Waals surface area (Å²) in [5, 5.41) is 16.9. The second kappa shape index (κ2) is 7.60. The Kier molecular flexibility index (Phi) is 5.01. The molecule has 4 rings (SSSR count). The van der Waals surface area contributed by atoms with Gasteiger partial charge in [0, 0.05) is 38.2 Å². The SMILES string of the molecule is Cc1cc(C(=O)NC2CCN(c3nc4c(cc3C#N)COCC4)CC2)n(C)n1. The van der Waals surface area contributed by atoms with Gasteiger partial charge in [-0.05, 0) is 31.9 Å². The fourth-order valence-electron chi connectivity index (χ4n) is 3.92. The van der Waals surface area contributed by atoms with E-state index in [-0.39, 0.29) is 11.9 Å². The Morgan fingerprint density at radius 1 is 1.36 bits per heavy atom. The van der Waals surface area contributed by atoms with Gasteiger partial charge in [0.05, 0.1) is 30.2 Å². The molecule has 0 atom stereocenters. The molecule has 28 heavy (non-hydrogen) atoms. The number of aryl methyl sites for hydroxylation is 2. The van der Waals surface area contributed by atoms with Crippen molar-refractivity contribution >= 4 is 11.7 Å². The van der Waals surface area contributed by atoms with Gasteiger partial charge in [-0.1, -0.05) is 0 Å². The Morgan fingerprint density at radius 3 is 2.82 bits per heavy atom. The number of carbonyl (C=O) groups excluding carboxylic acids is 1. The second-order valence-electron chi connectivity index (χ2n) is 7.41. The van der Waals surface area contributed by atoms with Crippen LogP contribution in [-0.2, 0) is 24.8 Å². The lowest BCUT2D eigenvalue weighted by atomic mass is 10.0.